The largest absolute Gasteiger partial charge is 0.478 e. The van der Waals surface area contributed by atoms with E-state index < -0.39 is 5.82 Å². The molecule has 4 heterocycles. The summed E-state index contributed by atoms with van der Waals surface area (Å²) in [6.07, 6.45) is 5.66. The van der Waals surface area contributed by atoms with Crippen LogP contribution in [0.15, 0.2) is 42.9 Å². The summed E-state index contributed by atoms with van der Waals surface area (Å²) < 4.78 is 23.7. The van der Waals surface area contributed by atoms with Gasteiger partial charge in [-0.3, -0.25) is 9.25 Å². The van der Waals surface area contributed by atoms with Crippen molar-refractivity contribution in [3.8, 4) is 17.8 Å². The van der Waals surface area contributed by atoms with Crippen molar-refractivity contribution in [2.75, 3.05) is 25.5 Å². The highest BCUT2D eigenvalue weighted by molar-refractivity contribution is 5.87. The van der Waals surface area contributed by atoms with Gasteiger partial charge < -0.3 is 15.4 Å². The van der Waals surface area contributed by atoms with Gasteiger partial charge in [-0.25, -0.2) is 9.37 Å². The molecule has 2 N–H and O–H groups in total. The molecule has 33 heavy (non-hydrogen) atoms. The van der Waals surface area contributed by atoms with Crippen LogP contribution in [0.3, 0.4) is 0 Å². The van der Waals surface area contributed by atoms with Crippen molar-refractivity contribution >= 4 is 22.5 Å². The molecule has 1 fully saturated rings. The first-order valence-corrected chi connectivity index (χ1v) is 10.7. The number of methoxy groups -OCH3 is 1. The maximum atomic E-state index is 14.7. The molecule has 168 valence electrons. The zero-order valence-electron chi connectivity index (χ0n) is 18.3. The predicted octanol–water partition coefficient (Wildman–Crippen LogP) is 3.55. The van der Waals surface area contributed by atoms with E-state index in [4.69, 9.17) is 4.74 Å². The molecule has 1 aliphatic heterocycles. The fourth-order valence-corrected chi connectivity index (χ4v) is 4.33. The number of rotatable bonds is 5. The Hall–Kier alpha value is -3.97. The van der Waals surface area contributed by atoms with E-state index in [1.54, 1.807) is 36.1 Å². The molecule has 1 saturated heterocycles. The van der Waals surface area contributed by atoms with Gasteiger partial charge in [0.15, 0.2) is 11.6 Å². The van der Waals surface area contributed by atoms with Gasteiger partial charge in [0, 0.05) is 11.6 Å². The molecule has 0 unspecified atom stereocenters. The summed E-state index contributed by atoms with van der Waals surface area (Å²) in [5, 5.41) is 21.2. The minimum absolute atomic E-state index is 0.0796. The van der Waals surface area contributed by atoms with Gasteiger partial charge in [-0.05, 0) is 43.6 Å². The summed E-state index contributed by atoms with van der Waals surface area (Å²) in [6.45, 7) is 4.05. The molecule has 5 rings (SSSR count). The zero-order chi connectivity index (χ0) is 22.9. The van der Waals surface area contributed by atoms with Crippen LogP contribution in [0.1, 0.15) is 24.9 Å². The highest BCUT2D eigenvalue weighted by Gasteiger charge is 2.25. The topological polar surface area (TPSA) is 106 Å². The van der Waals surface area contributed by atoms with E-state index in [-0.39, 0.29) is 17.8 Å². The van der Waals surface area contributed by atoms with Gasteiger partial charge in [-0.1, -0.05) is 13.0 Å². The van der Waals surface area contributed by atoms with Crippen molar-refractivity contribution in [2.45, 2.75) is 19.4 Å². The number of anilines is 2. The van der Waals surface area contributed by atoms with E-state index in [9.17, 15) is 9.65 Å². The minimum atomic E-state index is -0.577. The van der Waals surface area contributed by atoms with Crippen LogP contribution in [0.25, 0.3) is 16.7 Å². The van der Waals surface area contributed by atoms with Crippen molar-refractivity contribution in [3.63, 3.8) is 0 Å². The monoisotopic (exact) mass is 446 g/mol. The summed E-state index contributed by atoms with van der Waals surface area (Å²) in [7, 11) is 1.55. The van der Waals surface area contributed by atoms with Crippen LogP contribution < -0.4 is 15.4 Å². The zero-order valence-corrected chi connectivity index (χ0v) is 18.3. The lowest BCUT2D eigenvalue weighted by Gasteiger charge is -2.29. The number of benzene rings is 1. The van der Waals surface area contributed by atoms with Crippen molar-refractivity contribution in [3.05, 3.63) is 54.2 Å². The molecule has 3 aromatic heterocycles. The molecule has 0 saturated carbocycles. The van der Waals surface area contributed by atoms with Gasteiger partial charge in [-0.2, -0.15) is 10.2 Å². The molecule has 0 aliphatic carbocycles. The first-order valence-electron chi connectivity index (χ1n) is 10.7. The second kappa shape index (κ2) is 8.52. The predicted molar refractivity (Wildman–Crippen MR) is 121 cm³/mol. The van der Waals surface area contributed by atoms with Crippen molar-refractivity contribution < 1.29 is 9.13 Å². The maximum absolute atomic E-state index is 14.7. The van der Waals surface area contributed by atoms with Crippen molar-refractivity contribution in [1.29, 1.82) is 5.26 Å². The molecule has 0 radical (unpaired) electrons. The van der Waals surface area contributed by atoms with Crippen LogP contribution in [0.5, 0.6) is 5.88 Å². The Bertz CT molecular complexity index is 1350. The molecule has 0 bridgehead atoms. The van der Waals surface area contributed by atoms with Crippen molar-refractivity contribution in [1.82, 2.24) is 29.6 Å². The first-order chi connectivity index (χ1) is 16.1. The quantitative estimate of drug-likeness (QED) is 0.483. The van der Waals surface area contributed by atoms with Gasteiger partial charge in [0.25, 0.3) is 5.88 Å². The number of aromatic nitrogens is 5. The summed E-state index contributed by atoms with van der Waals surface area (Å²) >= 11 is 0. The number of halogens is 1. The molecule has 2 atom stereocenters. The standard InChI is InChI=1S/C23H23FN8O/c1-14-11-26-8-6-19(14)32-13-18(22(30-32)33-2)28-23-27-12-17(24)21(29-23)31-9-7-16-15(10-25)4-3-5-20(16)31/h3-5,7,9,12-14,19,26H,6,8,11H2,1-2H3,(H,27,28,29)/t14-,19+/m0/s1. The van der Waals surface area contributed by atoms with Gasteiger partial charge in [0.2, 0.25) is 5.95 Å². The number of nitrogens with one attached hydrogen (secondary N) is 2. The Balaban J connectivity index is 1.49. The fourth-order valence-electron chi connectivity index (χ4n) is 4.33. The van der Waals surface area contributed by atoms with Gasteiger partial charge in [0.05, 0.1) is 42.7 Å². The van der Waals surface area contributed by atoms with Gasteiger partial charge in [0.1, 0.15) is 5.69 Å². The Kier molecular flexibility index (Phi) is 5.40. The Morgan fingerprint density at radius 3 is 3.00 bits per heavy atom. The van der Waals surface area contributed by atoms with E-state index in [2.05, 4.69) is 38.7 Å². The second-order valence-electron chi connectivity index (χ2n) is 8.10. The molecule has 0 amide bonds. The maximum Gasteiger partial charge on any atom is 0.256 e. The number of piperidine rings is 1. The number of nitrogens with zero attached hydrogens (tertiary/aromatic N) is 6. The van der Waals surface area contributed by atoms with E-state index in [0.717, 1.165) is 31.1 Å². The second-order valence-corrected chi connectivity index (χ2v) is 8.10. The molecule has 1 aromatic carbocycles. The van der Waals surface area contributed by atoms with E-state index in [1.165, 1.54) is 0 Å². The molecule has 1 aliphatic rings. The fraction of sp³-hybridized carbons (Fsp3) is 0.304. The summed E-state index contributed by atoms with van der Waals surface area (Å²) in [4.78, 5) is 8.51. The third-order valence-corrected chi connectivity index (χ3v) is 6.02. The Labute approximate surface area is 189 Å². The first kappa shape index (κ1) is 20.9. The lowest BCUT2D eigenvalue weighted by molar-refractivity contribution is 0.250. The highest BCUT2D eigenvalue weighted by atomic mass is 19.1. The van der Waals surface area contributed by atoms with E-state index >= 15 is 0 Å². The van der Waals surface area contributed by atoms with Crippen LogP contribution in [0.2, 0.25) is 0 Å². The van der Waals surface area contributed by atoms with Crippen LogP contribution in [-0.4, -0.2) is 44.5 Å². The lowest BCUT2D eigenvalue weighted by atomic mass is 9.96. The molecule has 9 nitrogen and oxygen atoms in total. The SMILES string of the molecule is COc1nn([C@@H]2CCNC[C@@H]2C)cc1Nc1ncc(F)c(-n2ccc3c(C#N)cccc32)n1. The molecule has 0 spiro atoms. The van der Waals surface area contributed by atoms with E-state index in [0.29, 0.717) is 28.6 Å². The number of hydrogen-bond donors (Lipinski definition) is 2. The highest BCUT2D eigenvalue weighted by Crippen LogP contribution is 2.31. The minimum Gasteiger partial charge on any atom is -0.478 e. The van der Waals surface area contributed by atoms with Gasteiger partial charge in [-0.15, -0.1) is 5.10 Å². The Morgan fingerprint density at radius 1 is 1.33 bits per heavy atom. The van der Waals surface area contributed by atoms with Crippen LogP contribution in [0.4, 0.5) is 16.0 Å². The third kappa shape index (κ3) is 3.76. The lowest BCUT2D eigenvalue weighted by Crippen LogP contribution is -2.36. The van der Waals surface area contributed by atoms with Crippen molar-refractivity contribution in [2.24, 2.45) is 5.92 Å². The van der Waals surface area contributed by atoms with Crippen LogP contribution in [-0.2, 0) is 0 Å². The average molecular weight is 446 g/mol. The molecule has 10 heteroatoms. The summed E-state index contributed by atoms with van der Waals surface area (Å²) in [6, 6.07) is 9.49. The normalized spacial score (nSPS) is 18.2. The number of ether oxygens (including phenoxy) is 1. The number of fused-ring (bicyclic) bond motifs is 1. The van der Waals surface area contributed by atoms with Crippen LogP contribution >= 0.6 is 0 Å². The smallest absolute Gasteiger partial charge is 0.256 e. The number of hydrogen-bond acceptors (Lipinski definition) is 7. The summed E-state index contributed by atoms with van der Waals surface area (Å²) in [5.74, 6) is 0.550. The summed E-state index contributed by atoms with van der Waals surface area (Å²) in [5.41, 5.74) is 1.80. The van der Waals surface area contributed by atoms with E-state index in [1.807, 2.05) is 16.9 Å². The number of nitriles is 1. The molecule has 4 aromatic rings. The Morgan fingerprint density at radius 2 is 2.21 bits per heavy atom. The third-order valence-electron chi connectivity index (χ3n) is 6.02. The van der Waals surface area contributed by atoms with Gasteiger partial charge >= 0.3 is 0 Å². The molecular formula is C23H23FN8O. The van der Waals surface area contributed by atoms with Crippen LogP contribution in [0, 0.1) is 23.1 Å². The average Bonchev–Trinajstić information content (AvgIpc) is 3.44. The molecular weight excluding hydrogens is 423 g/mol.